The smallest absolute Gasteiger partial charge is 0.0784 e. The molecule has 0 spiro atoms. The highest BCUT2D eigenvalue weighted by molar-refractivity contribution is 6.31. The maximum absolute atomic E-state index is 10.2. The van der Waals surface area contributed by atoms with E-state index in [9.17, 15) is 5.11 Å². The van der Waals surface area contributed by atoms with Gasteiger partial charge in [0.1, 0.15) is 0 Å². The Kier molecular flexibility index (Phi) is 3.53. The molecule has 3 heteroatoms. The molecule has 1 aliphatic carbocycles. The summed E-state index contributed by atoms with van der Waals surface area (Å²) in [7, 11) is 0. The second-order valence-electron chi connectivity index (χ2n) is 4.92. The summed E-state index contributed by atoms with van der Waals surface area (Å²) in [6.07, 6.45) is 3.07. The van der Waals surface area contributed by atoms with Gasteiger partial charge in [-0.1, -0.05) is 29.8 Å². The molecule has 0 amide bonds. The minimum Gasteiger partial charge on any atom is -0.389 e. The summed E-state index contributed by atoms with van der Waals surface area (Å²) < 4.78 is 0. The van der Waals surface area contributed by atoms with Crippen molar-refractivity contribution in [2.24, 2.45) is 0 Å². The van der Waals surface area contributed by atoms with Crippen LogP contribution in [0.2, 0.25) is 5.02 Å². The van der Waals surface area contributed by atoms with E-state index in [1.807, 2.05) is 31.2 Å². The monoisotopic (exact) mass is 239 g/mol. The number of halogens is 1. The molecule has 0 aliphatic heterocycles. The molecule has 88 valence electrons. The van der Waals surface area contributed by atoms with Crippen molar-refractivity contribution in [3.8, 4) is 0 Å². The van der Waals surface area contributed by atoms with Crippen molar-refractivity contribution in [2.45, 2.75) is 37.8 Å². The number of rotatable bonds is 5. The van der Waals surface area contributed by atoms with Gasteiger partial charge in [-0.2, -0.15) is 0 Å². The van der Waals surface area contributed by atoms with Gasteiger partial charge in [-0.15, -0.1) is 0 Å². The van der Waals surface area contributed by atoms with Gasteiger partial charge in [0.2, 0.25) is 0 Å². The Morgan fingerprint density at radius 2 is 2.12 bits per heavy atom. The van der Waals surface area contributed by atoms with Crippen molar-refractivity contribution < 1.29 is 5.11 Å². The molecule has 0 radical (unpaired) electrons. The first-order valence-corrected chi connectivity index (χ1v) is 6.14. The first-order valence-electron chi connectivity index (χ1n) is 5.76. The zero-order valence-corrected chi connectivity index (χ0v) is 10.3. The summed E-state index contributed by atoms with van der Waals surface area (Å²) in [5.74, 6) is 0. The van der Waals surface area contributed by atoms with Crippen LogP contribution in [0.1, 0.15) is 25.3 Å². The lowest BCUT2D eigenvalue weighted by molar-refractivity contribution is 0.0598. The molecule has 0 heterocycles. The first-order chi connectivity index (χ1) is 7.57. The SMILES string of the molecule is CC(O)(CNC1CC1)Cc1ccccc1Cl. The van der Waals surface area contributed by atoms with Crippen LogP contribution in [0, 0.1) is 0 Å². The molecule has 1 fully saturated rings. The molecule has 1 aromatic carbocycles. The summed E-state index contributed by atoms with van der Waals surface area (Å²) >= 11 is 6.07. The lowest BCUT2D eigenvalue weighted by Crippen LogP contribution is -2.40. The molecule has 0 aromatic heterocycles. The van der Waals surface area contributed by atoms with Crippen LogP contribution >= 0.6 is 11.6 Å². The lowest BCUT2D eigenvalue weighted by atomic mass is 9.96. The van der Waals surface area contributed by atoms with Crippen molar-refractivity contribution >= 4 is 11.6 Å². The fraction of sp³-hybridized carbons (Fsp3) is 0.538. The van der Waals surface area contributed by atoms with E-state index >= 15 is 0 Å². The zero-order valence-electron chi connectivity index (χ0n) is 9.54. The molecule has 1 atom stereocenters. The topological polar surface area (TPSA) is 32.3 Å². The minimum absolute atomic E-state index is 0.590. The van der Waals surface area contributed by atoms with Crippen LogP contribution in [0.5, 0.6) is 0 Å². The Balaban J connectivity index is 1.93. The maximum Gasteiger partial charge on any atom is 0.0784 e. The quantitative estimate of drug-likeness (QED) is 0.827. The highest BCUT2D eigenvalue weighted by Gasteiger charge is 2.27. The van der Waals surface area contributed by atoms with Crippen LogP contribution in [0.3, 0.4) is 0 Å². The second kappa shape index (κ2) is 4.74. The van der Waals surface area contributed by atoms with Crippen molar-refractivity contribution in [3.05, 3.63) is 34.9 Å². The third kappa shape index (κ3) is 3.48. The van der Waals surface area contributed by atoms with Gasteiger partial charge in [0.05, 0.1) is 5.60 Å². The van der Waals surface area contributed by atoms with E-state index in [-0.39, 0.29) is 0 Å². The summed E-state index contributed by atoms with van der Waals surface area (Å²) in [4.78, 5) is 0. The van der Waals surface area contributed by atoms with Crippen LogP contribution in [-0.2, 0) is 6.42 Å². The third-order valence-corrected chi connectivity index (χ3v) is 3.25. The van der Waals surface area contributed by atoms with Gasteiger partial charge in [0.25, 0.3) is 0 Å². The lowest BCUT2D eigenvalue weighted by Gasteiger charge is -2.24. The standard InChI is InChI=1S/C13H18ClNO/c1-13(16,9-15-11-6-7-11)8-10-4-2-3-5-12(10)14/h2-5,11,15-16H,6-9H2,1H3. The zero-order chi connectivity index (χ0) is 11.6. The van der Waals surface area contributed by atoms with Gasteiger partial charge in [-0.25, -0.2) is 0 Å². The summed E-state index contributed by atoms with van der Waals surface area (Å²) in [6, 6.07) is 8.31. The van der Waals surface area contributed by atoms with Crippen molar-refractivity contribution in [2.75, 3.05) is 6.54 Å². The largest absolute Gasteiger partial charge is 0.389 e. The van der Waals surface area contributed by atoms with E-state index in [0.717, 1.165) is 10.6 Å². The van der Waals surface area contributed by atoms with E-state index < -0.39 is 5.60 Å². The highest BCUT2D eigenvalue weighted by atomic mass is 35.5. The average molecular weight is 240 g/mol. The van der Waals surface area contributed by atoms with Crippen LogP contribution in [0.4, 0.5) is 0 Å². The molecular weight excluding hydrogens is 222 g/mol. The average Bonchev–Trinajstić information content (AvgIpc) is 3.02. The molecule has 2 N–H and O–H groups in total. The van der Waals surface area contributed by atoms with E-state index in [1.54, 1.807) is 0 Å². The van der Waals surface area contributed by atoms with Gasteiger partial charge in [-0.05, 0) is 31.4 Å². The first kappa shape index (κ1) is 11.9. The summed E-state index contributed by atoms with van der Waals surface area (Å²) in [6.45, 7) is 2.48. The molecule has 16 heavy (non-hydrogen) atoms. The summed E-state index contributed by atoms with van der Waals surface area (Å²) in [5.41, 5.74) is 0.278. The van der Waals surface area contributed by atoms with E-state index in [1.165, 1.54) is 12.8 Å². The minimum atomic E-state index is -0.729. The van der Waals surface area contributed by atoms with Gasteiger partial charge >= 0.3 is 0 Å². The molecule has 2 nitrogen and oxygen atoms in total. The molecular formula is C13H18ClNO. The Hall–Kier alpha value is -0.570. The summed E-state index contributed by atoms with van der Waals surface area (Å²) in [5, 5.41) is 14.3. The number of hydrogen-bond acceptors (Lipinski definition) is 2. The van der Waals surface area contributed by atoms with Gasteiger partial charge in [-0.3, -0.25) is 0 Å². The molecule has 0 bridgehead atoms. The molecule has 1 aromatic rings. The van der Waals surface area contributed by atoms with Crippen molar-refractivity contribution in [3.63, 3.8) is 0 Å². The van der Waals surface area contributed by atoms with Crippen molar-refractivity contribution in [1.29, 1.82) is 0 Å². The van der Waals surface area contributed by atoms with Crippen LogP contribution in [-0.4, -0.2) is 23.3 Å². The van der Waals surface area contributed by atoms with Gasteiger partial charge in [0.15, 0.2) is 0 Å². The Labute approximate surface area is 102 Å². The maximum atomic E-state index is 10.2. The van der Waals surface area contributed by atoms with E-state index in [2.05, 4.69) is 5.32 Å². The molecule has 1 saturated carbocycles. The molecule has 2 rings (SSSR count). The number of aliphatic hydroxyl groups is 1. The number of benzene rings is 1. The van der Waals surface area contributed by atoms with Gasteiger partial charge in [0, 0.05) is 24.0 Å². The van der Waals surface area contributed by atoms with Crippen molar-refractivity contribution in [1.82, 2.24) is 5.32 Å². The Bertz CT molecular complexity index is 361. The Morgan fingerprint density at radius 1 is 1.44 bits per heavy atom. The fourth-order valence-electron chi connectivity index (χ4n) is 1.77. The van der Waals surface area contributed by atoms with Gasteiger partial charge < -0.3 is 10.4 Å². The second-order valence-corrected chi connectivity index (χ2v) is 5.33. The molecule has 1 unspecified atom stereocenters. The predicted octanol–water partition coefficient (Wildman–Crippen LogP) is 2.39. The van der Waals surface area contributed by atoms with Crippen LogP contribution in [0.15, 0.2) is 24.3 Å². The molecule has 0 saturated heterocycles. The predicted molar refractivity (Wildman–Crippen MR) is 66.8 cm³/mol. The third-order valence-electron chi connectivity index (χ3n) is 2.88. The molecule has 1 aliphatic rings. The number of hydrogen-bond donors (Lipinski definition) is 2. The normalized spacial score (nSPS) is 19.4. The highest BCUT2D eigenvalue weighted by Crippen LogP contribution is 2.23. The fourth-order valence-corrected chi connectivity index (χ4v) is 1.97. The Morgan fingerprint density at radius 3 is 2.75 bits per heavy atom. The van der Waals surface area contributed by atoms with Crippen LogP contribution in [0.25, 0.3) is 0 Å². The number of nitrogens with one attached hydrogen (secondary N) is 1. The van der Waals surface area contributed by atoms with Crippen LogP contribution < -0.4 is 5.32 Å². The van der Waals surface area contributed by atoms with E-state index in [4.69, 9.17) is 11.6 Å². The van der Waals surface area contributed by atoms with E-state index in [0.29, 0.717) is 19.0 Å².